The van der Waals surface area contributed by atoms with Crippen LogP contribution in [0, 0.1) is 19.8 Å². The summed E-state index contributed by atoms with van der Waals surface area (Å²) in [6, 6.07) is 10.1. The molecular weight excluding hydrogens is 480 g/mol. The van der Waals surface area contributed by atoms with Gasteiger partial charge in [-0.2, -0.15) is 0 Å². The van der Waals surface area contributed by atoms with Gasteiger partial charge in [0.2, 0.25) is 0 Å². The number of aromatic amines is 1. The maximum Gasteiger partial charge on any atom is 0.256 e. The number of hydrogen-bond acceptors (Lipinski definition) is 5. The second kappa shape index (κ2) is 11.3. The van der Waals surface area contributed by atoms with Crippen LogP contribution in [-0.4, -0.2) is 59.8 Å². The first-order valence-electron chi connectivity index (χ1n) is 13.5. The molecule has 8 nitrogen and oxygen atoms in total. The molecule has 1 aliphatic heterocycles. The number of carbonyl (C=O) groups excluding carboxylic acids is 1. The van der Waals surface area contributed by atoms with Gasteiger partial charge in [0.05, 0.1) is 30.4 Å². The van der Waals surface area contributed by atoms with Crippen molar-refractivity contribution in [1.82, 2.24) is 19.8 Å². The molecule has 2 aromatic heterocycles. The maximum atomic E-state index is 13.6. The number of para-hydroxylation sites is 1. The number of aryl methyl sites for hydroxylation is 1. The predicted molar refractivity (Wildman–Crippen MR) is 151 cm³/mol. The Labute approximate surface area is 225 Å². The molecule has 0 aliphatic carbocycles. The summed E-state index contributed by atoms with van der Waals surface area (Å²) in [6.45, 7) is 13.5. The topological polar surface area (TPSA) is 88.6 Å². The van der Waals surface area contributed by atoms with E-state index in [0.29, 0.717) is 28.5 Å². The molecular formula is C30H42N4O4. The van der Waals surface area contributed by atoms with E-state index in [9.17, 15) is 9.59 Å². The van der Waals surface area contributed by atoms with Crippen LogP contribution in [0.1, 0.15) is 67.0 Å². The van der Waals surface area contributed by atoms with Crippen molar-refractivity contribution in [3.63, 3.8) is 0 Å². The fraction of sp³-hybridized carbons (Fsp3) is 0.533. The van der Waals surface area contributed by atoms with Gasteiger partial charge in [0.15, 0.2) is 0 Å². The van der Waals surface area contributed by atoms with Crippen molar-refractivity contribution < 1.29 is 14.3 Å². The first kappa shape index (κ1) is 27.9. The fourth-order valence-corrected chi connectivity index (χ4v) is 5.90. The molecule has 3 heterocycles. The highest BCUT2D eigenvalue weighted by Gasteiger charge is 2.31. The largest absolute Gasteiger partial charge is 0.496 e. The van der Waals surface area contributed by atoms with E-state index < -0.39 is 0 Å². The van der Waals surface area contributed by atoms with Crippen LogP contribution in [0.3, 0.4) is 0 Å². The van der Waals surface area contributed by atoms with E-state index in [0.717, 1.165) is 49.1 Å². The number of piperidine rings is 1. The molecule has 1 aliphatic rings. The number of ether oxygens (including phenoxy) is 2. The summed E-state index contributed by atoms with van der Waals surface area (Å²) in [5.41, 5.74) is 3.39. The van der Waals surface area contributed by atoms with Crippen LogP contribution in [0.5, 0.6) is 5.75 Å². The SMILES string of the molecule is COc1cc(C)[nH]c(=O)c1CNC(=O)c1c(C)n(C(C)C2CCN(CC(C)(C)OC)CC2)c2ccccc12. The molecule has 8 heteroatoms. The van der Waals surface area contributed by atoms with Gasteiger partial charge in [-0.1, -0.05) is 18.2 Å². The number of likely N-dealkylation sites (tertiary alicyclic amines) is 1. The number of rotatable bonds is 9. The molecule has 0 spiro atoms. The summed E-state index contributed by atoms with van der Waals surface area (Å²) in [5, 5.41) is 3.91. The Morgan fingerprint density at radius 3 is 2.53 bits per heavy atom. The van der Waals surface area contributed by atoms with Crippen LogP contribution in [0.4, 0.5) is 0 Å². The minimum atomic E-state index is -0.254. The summed E-state index contributed by atoms with van der Waals surface area (Å²) in [7, 11) is 3.31. The third-order valence-corrected chi connectivity index (χ3v) is 8.14. The number of amides is 1. The fourth-order valence-electron chi connectivity index (χ4n) is 5.90. The van der Waals surface area contributed by atoms with E-state index in [4.69, 9.17) is 9.47 Å². The van der Waals surface area contributed by atoms with Crippen molar-refractivity contribution in [3.8, 4) is 5.75 Å². The summed E-state index contributed by atoms with van der Waals surface area (Å²) in [5.74, 6) is 0.792. The summed E-state index contributed by atoms with van der Waals surface area (Å²) < 4.78 is 13.4. The third kappa shape index (κ3) is 5.66. The summed E-state index contributed by atoms with van der Waals surface area (Å²) in [4.78, 5) is 31.4. The lowest BCUT2D eigenvalue weighted by molar-refractivity contribution is -0.0162. The van der Waals surface area contributed by atoms with Gasteiger partial charge in [0.25, 0.3) is 11.5 Å². The molecule has 1 saturated heterocycles. The molecule has 1 fully saturated rings. The molecule has 206 valence electrons. The highest BCUT2D eigenvalue weighted by Crippen LogP contribution is 2.36. The molecule has 1 unspecified atom stereocenters. The summed E-state index contributed by atoms with van der Waals surface area (Å²) in [6.07, 6.45) is 2.20. The normalized spacial score (nSPS) is 16.1. The first-order valence-corrected chi connectivity index (χ1v) is 13.5. The van der Waals surface area contributed by atoms with Crippen molar-refractivity contribution in [2.24, 2.45) is 5.92 Å². The van der Waals surface area contributed by atoms with E-state index in [1.54, 1.807) is 20.1 Å². The molecule has 0 bridgehead atoms. The number of carbonyl (C=O) groups is 1. The quantitative estimate of drug-likeness (QED) is 0.429. The molecule has 1 aromatic carbocycles. The highest BCUT2D eigenvalue weighted by atomic mass is 16.5. The van der Waals surface area contributed by atoms with E-state index in [-0.39, 0.29) is 29.7 Å². The number of H-pyrrole nitrogens is 1. The average molecular weight is 523 g/mol. The lowest BCUT2D eigenvalue weighted by Crippen LogP contribution is -2.44. The molecule has 3 aromatic rings. The Hall–Kier alpha value is -3.10. The number of pyridine rings is 1. The van der Waals surface area contributed by atoms with Crippen LogP contribution in [-0.2, 0) is 11.3 Å². The molecule has 38 heavy (non-hydrogen) atoms. The Balaban J connectivity index is 1.56. The van der Waals surface area contributed by atoms with Gasteiger partial charge < -0.3 is 29.2 Å². The zero-order valence-corrected chi connectivity index (χ0v) is 23.8. The molecule has 4 rings (SSSR count). The highest BCUT2D eigenvalue weighted by molar-refractivity contribution is 6.08. The van der Waals surface area contributed by atoms with Crippen molar-refractivity contribution in [2.75, 3.05) is 33.9 Å². The van der Waals surface area contributed by atoms with Gasteiger partial charge >= 0.3 is 0 Å². The van der Waals surface area contributed by atoms with E-state index in [1.165, 1.54) is 7.11 Å². The maximum absolute atomic E-state index is 13.6. The Morgan fingerprint density at radius 1 is 1.18 bits per heavy atom. The van der Waals surface area contributed by atoms with Crippen molar-refractivity contribution in [3.05, 3.63) is 63.2 Å². The smallest absolute Gasteiger partial charge is 0.256 e. The Morgan fingerprint density at radius 2 is 1.87 bits per heavy atom. The van der Waals surface area contributed by atoms with Gasteiger partial charge in [0.1, 0.15) is 5.75 Å². The van der Waals surface area contributed by atoms with Crippen LogP contribution in [0.2, 0.25) is 0 Å². The number of nitrogens with zero attached hydrogens (tertiary/aromatic N) is 2. The van der Waals surface area contributed by atoms with Crippen LogP contribution in [0.15, 0.2) is 35.1 Å². The number of benzene rings is 1. The van der Waals surface area contributed by atoms with Crippen LogP contribution < -0.4 is 15.6 Å². The molecule has 1 amide bonds. The zero-order chi connectivity index (χ0) is 27.6. The third-order valence-electron chi connectivity index (χ3n) is 8.14. The van der Waals surface area contributed by atoms with Crippen molar-refractivity contribution in [1.29, 1.82) is 0 Å². The number of aromatic nitrogens is 2. The van der Waals surface area contributed by atoms with Gasteiger partial charge in [-0.25, -0.2) is 0 Å². The Kier molecular flexibility index (Phi) is 8.33. The lowest BCUT2D eigenvalue weighted by atomic mass is 9.89. The Bertz CT molecular complexity index is 1350. The second-order valence-electron chi connectivity index (χ2n) is 11.2. The number of methoxy groups -OCH3 is 2. The number of fused-ring (bicyclic) bond motifs is 1. The van der Waals surface area contributed by atoms with E-state index in [2.05, 4.69) is 46.6 Å². The molecule has 1 atom stereocenters. The minimum Gasteiger partial charge on any atom is -0.496 e. The van der Waals surface area contributed by atoms with Gasteiger partial charge in [-0.15, -0.1) is 0 Å². The molecule has 2 N–H and O–H groups in total. The van der Waals surface area contributed by atoms with E-state index >= 15 is 0 Å². The van der Waals surface area contributed by atoms with Crippen molar-refractivity contribution in [2.45, 2.75) is 65.6 Å². The average Bonchev–Trinajstić information content (AvgIpc) is 3.19. The number of hydrogen-bond donors (Lipinski definition) is 2. The van der Waals surface area contributed by atoms with Crippen LogP contribution >= 0.6 is 0 Å². The standard InChI is InChI=1S/C30H42N4O4/c1-19-16-26(37-6)24(28(35)32-19)17-31-29(36)27-21(3)34(25-11-9-8-10-23(25)27)20(2)22-12-14-33(15-13-22)18-30(4,5)38-7/h8-11,16,20,22H,12-15,17-18H2,1-7H3,(H,31,36)(H,32,35). The minimum absolute atomic E-state index is 0.0857. The second-order valence-corrected chi connectivity index (χ2v) is 11.2. The monoisotopic (exact) mass is 522 g/mol. The predicted octanol–water partition coefficient (Wildman–Crippen LogP) is 4.58. The molecule has 0 radical (unpaired) electrons. The van der Waals surface area contributed by atoms with Gasteiger partial charge in [-0.3, -0.25) is 9.59 Å². The molecule has 0 saturated carbocycles. The van der Waals surface area contributed by atoms with Gasteiger partial charge in [0, 0.05) is 42.0 Å². The van der Waals surface area contributed by atoms with Crippen molar-refractivity contribution >= 4 is 16.8 Å². The van der Waals surface area contributed by atoms with Crippen LogP contribution in [0.25, 0.3) is 10.9 Å². The van der Waals surface area contributed by atoms with E-state index in [1.807, 2.05) is 25.1 Å². The van der Waals surface area contributed by atoms with Gasteiger partial charge in [-0.05, 0) is 78.6 Å². The lowest BCUT2D eigenvalue weighted by Gasteiger charge is -2.39. The number of nitrogens with one attached hydrogen (secondary N) is 2. The zero-order valence-electron chi connectivity index (χ0n) is 23.8. The summed E-state index contributed by atoms with van der Waals surface area (Å²) >= 11 is 0. The first-order chi connectivity index (χ1) is 18.1.